The minimum atomic E-state index is -0.911. The van der Waals surface area contributed by atoms with Crippen molar-refractivity contribution in [1.29, 1.82) is 0 Å². The summed E-state index contributed by atoms with van der Waals surface area (Å²) < 4.78 is 10.8. The summed E-state index contributed by atoms with van der Waals surface area (Å²) in [4.78, 5) is 13.5. The molecule has 0 aliphatic rings. The van der Waals surface area contributed by atoms with Crippen LogP contribution in [0.4, 0.5) is 5.69 Å². The second kappa shape index (κ2) is 9.37. The lowest BCUT2D eigenvalue weighted by molar-refractivity contribution is 0.0697. The van der Waals surface area contributed by atoms with Crippen molar-refractivity contribution >= 4 is 11.7 Å². The first-order chi connectivity index (χ1) is 10.1. The Morgan fingerprint density at radius 2 is 1.71 bits per heavy atom. The molecule has 0 amide bonds. The minimum absolute atomic E-state index is 0.322. The molecule has 0 aliphatic heterocycles. The highest BCUT2D eigenvalue weighted by molar-refractivity contribution is 5.94. The molecule has 118 valence electrons. The molecule has 0 radical (unpaired) electrons. The van der Waals surface area contributed by atoms with Gasteiger partial charge in [-0.3, -0.25) is 0 Å². The molecule has 1 rings (SSSR count). The van der Waals surface area contributed by atoms with Gasteiger partial charge in [0.25, 0.3) is 0 Å². The molecule has 0 aliphatic carbocycles. The van der Waals surface area contributed by atoms with Crippen molar-refractivity contribution in [2.45, 2.75) is 20.8 Å². The number of aryl methyl sites for hydroxylation is 1. The second-order valence-electron chi connectivity index (χ2n) is 4.71. The van der Waals surface area contributed by atoms with Gasteiger partial charge in [-0.15, -0.1) is 0 Å². The monoisotopic (exact) mass is 295 g/mol. The smallest absolute Gasteiger partial charge is 0.337 e. The van der Waals surface area contributed by atoms with Crippen molar-refractivity contribution in [2.24, 2.45) is 0 Å². The molecule has 1 N–H and O–H groups in total. The van der Waals surface area contributed by atoms with Crippen LogP contribution in [0.15, 0.2) is 18.2 Å². The van der Waals surface area contributed by atoms with E-state index >= 15 is 0 Å². The van der Waals surface area contributed by atoms with Gasteiger partial charge in [-0.1, -0.05) is 11.6 Å². The van der Waals surface area contributed by atoms with Crippen molar-refractivity contribution in [3.8, 4) is 0 Å². The molecule has 0 unspecified atom stereocenters. The van der Waals surface area contributed by atoms with Crippen molar-refractivity contribution < 1.29 is 19.4 Å². The van der Waals surface area contributed by atoms with Crippen molar-refractivity contribution in [2.75, 3.05) is 44.4 Å². The molecule has 0 saturated heterocycles. The standard InChI is InChI=1S/C16H25NO4/c1-4-20-10-8-17(9-11-21-5-2)15-7-6-13(3)12-14(15)16(18)19/h6-7,12H,4-5,8-11H2,1-3H3,(H,18,19). The Hall–Kier alpha value is -1.59. The number of carbonyl (C=O) groups is 1. The normalized spacial score (nSPS) is 10.6. The van der Waals surface area contributed by atoms with Crippen LogP contribution < -0.4 is 4.90 Å². The lowest BCUT2D eigenvalue weighted by Gasteiger charge is -2.26. The van der Waals surface area contributed by atoms with Crippen LogP contribution in [0.2, 0.25) is 0 Å². The molecule has 0 atom stereocenters. The molecule has 0 spiro atoms. The third kappa shape index (κ3) is 5.73. The number of carboxylic acids is 1. The Balaban J connectivity index is 2.91. The lowest BCUT2D eigenvalue weighted by atomic mass is 10.1. The van der Waals surface area contributed by atoms with Crippen LogP contribution in [0.3, 0.4) is 0 Å². The fourth-order valence-corrected chi connectivity index (χ4v) is 2.09. The quantitative estimate of drug-likeness (QED) is 0.672. The van der Waals surface area contributed by atoms with Gasteiger partial charge in [0.2, 0.25) is 0 Å². The maximum atomic E-state index is 11.4. The Bertz CT molecular complexity index is 438. The Morgan fingerprint density at radius 1 is 1.14 bits per heavy atom. The van der Waals surface area contributed by atoms with Crippen LogP contribution >= 0.6 is 0 Å². The molecule has 0 fully saturated rings. The number of rotatable bonds is 10. The van der Waals surface area contributed by atoms with E-state index in [9.17, 15) is 9.90 Å². The third-order valence-electron chi connectivity index (χ3n) is 3.14. The average molecular weight is 295 g/mol. The Kier molecular flexibility index (Phi) is 7.79. The van der Waals surface area contributed by atoms with E-state index in [2.05, 4.69) is 0 Å². The molecule has 5 nitrogen and oxygen atoms in total. The summed E-state index contributed by atoms with van der Waals surface area (Å²) in [5, 5.41) is 9.39. The van der Waals surface area contributed by atoms with Gasteiger partial charge in [-0.25, -0.2) is 4.79 Å². The summed E-state index contributed by atoms with van der Waals surface area (Å²) in [5.74, 6) is -0.911. The number of anilines is 1. The van der Waals surface area contributed by atoms with E-state index in [0.29, 0.717) is 50.8 Å². The van der Waals surface area contributed by atoms with Gasteiger partial charge in [0.1, 0.15) is 0 Å². The van der Waals surface area contributed by atoms with Crippen LogP contribution in [-0.2, 0) is 9.47 Å². The second-order valence-corrected chi connectivity index (χ2v) is 4.71. The molecule has 5 heteroatoms. The predicted octanol–water partition coefficient (Wildman–Crippen LogP) is 2.57. The third-order valence-corrected chi connectivity index (χ3v) is 3.14. The number of nitrogens with zero attached hydrogens (tertiary/aromatic N) is 1. The number of hydrogen-bond donors (Lipinski definition) is 1. The van der Waals surface area contributed by atoms with Crippen molar-refractivity contribution in [3.63, 3.8) is 0 Å². The van der Waals surface area contributed by atoms with Crippen LogP contribution in [0, 0.1) is 6.92 Å². The number of hydrogen-bond acceptors (Lipinski definition) is 4. The fourth-order valence-electron chi connectivity index (χ4n) is 2.09. The van der Waals surface area contributed by atoms with Gasteiger partial charge < -0.3 is 19.5 Å². The topological polar surface area (TPSA) is 59.0 Å². The summed E-state index contributed by atoms with van der Waals surface area (Å²) in [6, 6.07) is 5.48. The number of aromatic carboxylic acids is 1. The highest BCUT2D eigenvalue weighted by Crippen LogP contribution is 2.22. The Morgan fingerprint density at radius 3 is 2.19 bits per heavy atom. The zero-order chi connectivity index (χ0) is 15.7. The minimum Gasteiger partial charge on any atom is -0.478 e. The molecular formula is C16H25NO4. The number of carboxylic acid groups (broad SMARTS) is 1. The largest absolute Gasteiger partial charge is 0.478 e. The molecular weight excluding hydrogens is 270 g/mol. The van der Waals surface area contributed by atoms with Crippen LogP contribution in [0.1, 0.15) is 29.8 Å². The van der Waals surface area contributed by atoms with Gasteiger partial charge in [0.05, 0.1) is 24.5 Å². The SMILES string of the molecule is CCOCCN(CCOCC)c1ccc(C)cc1C(=O)O. The zero-order valence-electron chi connectivity index (χ0n) is 13.1. The van der Waals surface area contributed by atoms with Crippen LogP contribution in [-0.4, -0.2) is 50.6 Å². The van der Waals surface area contributed by atoms with E-state index in [1.807, 2.05) is 37.8 Å². The molecule has 0 heterocycles. The van der Waals surface area contributed by atoms with E-state index < -0.39 is 5.97 Å². The molecule has 0 aromatic heterocycles. The van der Waals surface area contributed by atoms with E-state index in [1.165, 1.54) is 0 Å². The predicted molar refractivity (Wildman–Crippen MR) is 83.3 cm³/mol. The van der Waals surface area contributed by atoms with Gasteiger partial charge >= 0.3 is 5.97 Å². The van der Waals surface area contributed by atoms with E-state index in [1.54, 1.807) is 6.07 Å². The van der Waals surface area contributed by atoms with E-state index in [4.69, 9.17) is 9.47 Å². The zero-order valence-corrected chi connectivity index (χ0v) is 13.1. The molecule has 21 heavy (non-hydrogen) atoms. The van der Waals surface area contributed by atoms with Gasteiger partial charge in [-0.2, -0.15) is 0 Å². The van der Waals surface area contributed by atoms with Crippen LogP contribution in [0.5, 0.6) is 0 Å². The highest BCUT2D eigenvalue weighted by Gasteiger charge is 2.16. The first kappa shape index (κ1) is 17.5. The molecule has 0 saturated carbocycles. The maximum Gasteiger partial charge on any atom is 0.337 e. The molecule has 1 aromatic rings. The Labute approximate surface area is 126 Å². The van der Waals surface area contributed by atoms with Crippen molar-refractivity contribution in [1.82, 2.24) is 0 Å². The fraction of sp³-hybridized carbons (Fsp3) is 0.562. The van der Waals surface area contributed by atoms with Gasteiger partial charge in [0, 0.05) is 26.3 Å². The van der Waals surface area contributed by atoms with Gasteiger partial charge in [0.15, 0.2) is 0 Å². The van der Waals surface area contributed by atoms with E-state index in [0.717, 1.165) is 5.56 Å². The van der Waals surface area contributed by atoms with Gasteiger partial charge in [-0.05, 0) is 32.9 Å². The van der Waals surface area contributed by atoms with Crippen LogP contribution in [0.25, 0.3) is 0 Å². The lowest BCUT2D eigenvalue weighted by Crippen LogP contribution is -2.32. The molecule has 0 bridgehead atoms. The van der Waals surface area contributed by atoms with E-state index in [-0.39, 0.29) is 0 Å². The first-order valence-electron chi connectivity index (χ1n) is 7.34. The summed E-state index contributed by atoms with van der Waals surface area (Å²) in [7, 11) is 0. The summed E-state index contributed by atoms with van der Waals surface area (Å²) in [6.45, 7) is 9.50. The highest BCUT2D eigenvalue weighted by atomic mass is 16.5. The summed E-state index contributed by atoms with van der Waals surface area (Å²) >= 11 is 0. The summed E-state index contributed by atoms with van der Waals surface area (Å²) in [5.41, 5.74) is 1.97. The maximum absolute atomic E-state index is 11.4. The number of benzene rings is 1. The average Bonchev–Trinajstić information content (AvgIpc) is 2.46. The van der Waals surface area contributed by atoms with Crippen molar-refractivity contribution in [3.05, 3.63) is 29.3 Å². The number of ether oxygens (including phenoxy) is 2. The molecule has 1 aromatic carbocycles. The first-order valence-corrected chi connectivity index (χ1v) is 7.34. The summed E-state index contributed by atoms with van der Waals surface area (Å²) in [6.07, 6.45) is 0.